The Hall–Kier alpha value is -1.63. The first-order valence-electron chi connectivity index (χ1n) is 7.06. The third-order valence-corrected chi connectivity index (χ3v) is 5.80. The molecule has 0 bridgehead atoms. The maximum absolute atomic E-state index is 12.6. The second-order valence-corrected chi connectivity index (χ2v) is 7.57. The van der Waals surface area contributed by atoms with Gasteiger partial charge in [-0.1, -0.05) is 29.8 Å². The highest BCUT2D eigenvalue weighted by Gasteiger charge is 2.22. The van der Waals surface area contributed by atoms with Gasteiger partial charge in [0.05, 0.1) is 7.11 Å². The van der Waals surface area contributed by atoms with E-state index in [1.165, 1.54) is 16.6 Å². The zero-order chi connectivity index (χ0) is 17.0. The standard InChI is InChI=1S/C16H19ClN2O3S/c1-12-10-14(11-18-16(12)17)23(20,21)19(2)9-8-13-6-4-5-7-15(13)22-3/h4-7,10-11H,8-9H2,1-3H3. The molecule has 124 valence electrons. The van der Waals surface area contributed by atoms with Gasteiger partial charge in [-0.2, -0.15) is 0 Å². The van der Waals surface area contributed by atoms with Crippen molar-refractivity contribution >= 4 is 21.6 Å². The predicted molar refractivity (Wildman–Crippen MR) is 90.5 cm³/mol. The van der Waals surface area contributed by atoms with Crippen molar-refractivity contribution in [2.75, 3.05) is 20.7 Å². The Labute approximate surface area is 141 Å². The number of ether oxygens (including phenoxy) is 1. The molecule has 2 aromatic rings. The van der Waals surface area contributed by atoms with E-state index in [4.69, 9.17) is 16.3 Å². The molecule has 0 aliphatic heterocycles. The fourth-order valence-corrected chi connectivity index (χ4v) is 3.47. The monoisotopic (exact) mass is 354 g/mol. The van der Waals surface area contributed by atoms with Gasteiger partial charge in [0.25, 0.3) is 0 Å². The van der Waals surface area contributed by atoms with Gasteiger partial charge in [-0.05, 0) is 36.6 Å². The fraction of sp³-hybridized carbons (Fsp3) is 0.312. The average Bonchev–Trinajstić information content (AvgIpc) is 2.55. The molecular formula is C16H19ClN2O3S. The molecule has 0 amide bonds. The Kier molecular flexibility index (Phi) is 5.62. The molecule has 2 rings (SSSR count). The lowest BCUT2D eigenvalue weighted by atomic mass is 10.1. The Morgan fingerprint density at radius 1 is 1.30 bits per heavy atom. The third-order valence-electron chi connectivity index (χ3n) is 3.59. The Morgan fingerprint density at radius 3 is 2.65 bits per heavy atom. The minimum absolute atomic E-state index is 0.141. The molecule has 0 spiro atoms. The minimum atomic E-state index is -3.60. The van der Waals surface area contributed by atoms with Crippen LogP contribution in [0.25, 0.3) is 0 Å². The highest BCUT2D eigenvalue weighted by molar-refractivity contribution is 7.89. The van der Waals surface area contributed by atoms with Gasteiger partial charge in [0.15, 0.2) is 0 Å². The number of hydrogen-bond donors (Lipinski definition) is 0. The van der Waals surface area contributed by atoms with Gasteiger partial charge in [-0.25, -0.2) is 17.7 Å². The van der Waals surface area contributed by atoms with Crippen molar-refractivity contribution in [3.05, 3.63) is 52.8 Å². The summed E-state index contributed by atoms with van der Waals surface area (Å²) in [7, 11) is -0.448. The summed E-state index contributed by atoms with van der Waals surface area (Å²) >= 11 is 5.85. The van der Waals surface area contributed by atoms with Gasteiger partial charge in [0.2, 0.25) is 10.0 Å². The SMILES string of the molecule is COc1ccccc1CCN(C)S(=O)(=O)c1cnc(Cl)c(C)c1. The second-order valence-electron chi connectivity index (χ2n) is 5.17. The summed E-state index contributed by atoms with van der Waals surface area (Å²) in [6.45, 7) is 2.06. The van der Waals surface area contributed by atoms with Crippen LogP contribution < -0.4 is 4.74 Å². The third kappa shape index (κ3) is 4.02. The molecule has 1 aromatic heterocycles. The van der Waals surface area contributed by atoms with E-state index in [-0.39, 0.29) is 4.90 Å². The summed E-state index contributed by atoms with van der Waals surface area (Å²) in [6.07, 6.45) is 1.84. The molecule has 1 heterocycles. The normalized spacial score (nSPS) is 11.7. The Bertz CT molecular complexity index is 794. The van der Waals surface area contributed by atoms with Gasteiger partial charge in [-0.15, -0.1) is 0 Å². The number of rotatable bonds is 6. The lowest BCUT2D eigenvalue weighted by Crippen LogP contribution is -2.29. The maximum atomic E-state index is 12.6. The maximum Gasteiger partial charge on any atom is 0.244 e. The minimum Gasteiger partial charge on any atom is -0.496 e. The summed E-state index contributed by atoms with van der Waals surface area (Å²) in [5, 5.41) is 0.306. The fourth-order valence-electron chi connectivity index (χ4n) is 2.16. The van der Waals surface area contributed by atoms with E-state index in [1.54, 1.807) is 21.1 Å². The van der Waals surface area contributed by atoms with E-state index < -0.39 is 10.0 Å². The van der Waals surface area contributed by atoms with Gasteiger partial charge < -0.3 is 4.74 Å². The van der Waals surface area contributed by atoms with Crippen LogP contribution in [-0.2, 0) is 16.4 Å². The average molecular weight is 355 g/mol. The Morgan fingerprint density at radius 2 is 2.00 bits per heavy atom. The van der Waals surface area contributed by atoms with E-state index in [2.05, 4.69) is 4.98 Å². The number of pyridine rings is 1. The number of aryl methyl sites for hydroxylation is 1. The van der Waals surface area contributed by atoms with Crippen LogP contribution in [0.2, 0.25) is 5.15 Å². The van der Waals surface area contributed by atoms with Crippen LogP contribution in [0.1, 0.15) is 11.1 Å². The first-order valence-corrected chi connectivity index (χ1v) is 8.88. The summed E-state index contributed by atoms with van der Waals surface area (Å²) in [5.74, 6) is 0.752. The number of para-hydroxylation sites is 1. The van der Waals surface area contributed by atoms with Crippen LogP contribution >= 0.6 is 11.6 Å². The van der Waals surface area contributed by atoms with Crippen molar-refractivity contribution in [1.82, 2.24) is 9.29 Å². The smallest absolute Gasteiger partial charge is 0.244 e. The molecule has 7 heteroatoms. The van der Waals surface area contributed by atoms with E-state index in [0.717, 1.165) is 11.3 Å². The molecule has 0 radical (unpaired) electrons. The lowest BCUT2D eigenvalue weighted by molar-refractivity contribution is 0.406. The van der Waals surface area contributed by atoms with Crippen molar-refractivity contribution in [3.63, 3.8) is 0 Å². The number of likely N-dealkylation sites (N-methyl/N-ethyl adjacent to an activating group) is 1. The first kappa shape index (κ1) is 17.7. The molecule has 23 heavy (non-hydrogen) atoms. The van der Waals surface area contributed by atoms with Crippen molar-refractivity contribution in [3.8, 4) is 5.75 Å². The van der Waals surface area contributed by atoms with Crippen LogP contribution in [-0.4, -0.2) is 38.4 Å². The van der Waals surface area contributed by atoms with Crippen molar-refractivity contribution < 1.29 is 13.2 Å². The number of methoxy groups -OCH3 is 1. The van der Waals surface area contributed by atoms with Gasteiger partial charge >= 0.3 is 0 Å². The summed E-state index contributed by atoms with van der Waals surface area (Å²) < 4.78 is 31.8. The number of aromatic nitrogens is 1. The van der Waals surface area contributed by atoms with E-state index in [9.17, 15) is 8.42 Å². The highest BCUT2D eigenvalue weighted by Crippen LogP contribution is 2.21. The molecule has 0 fully saturated rings. The summed E-state index contributed by atoms with van der Waals surface area (Å²) in [5.41, 5.74) is 1.59. The molecule has 0 saturated heterocycles. The molecule has 0 saturated carbocycles. The largest absolute Gasteiger partial charge is 0.496 e. The molecule has 5 nitrogen and oxygen atoms in total. The van der Waals surface area contributed by atoms with Crippen molar-refractivity contribution in [2.24, 2.45) is 0 Å². The topological polar surface area (TPSA) is 59.5 Å². The first-order chi connectivity index (χ1) is 10.9. The van der Waals surface area contributed by atoms with Crippen LogP contribution in [0.5, 0.6) is 5.75 Å². The van der Waals surface area contributed by atoms with E-state index >= 15 is 0 Å². The molecule has 1 aromatic carbocycles. The van der Waals surface area contributed by atoms with Crippen LogP contribution in [0, 0.1) is 6.92 Å². The van der Waals surface area contributed by atoms with Gasteiger partial charge in [-0.3, -0.25) is 0 Å². The van der Waals surface area contributed by atoms with Crippen molar-refractivity contribution in [1.29, 1.82) is 0 Å². The van der Waals surface area contributed by atoms with E-state index in [1.807, 2.05) is 24.3 Å². The van der Waals surface area contributed by atoms with Crippen LogP contribution in [0.15, 0.2) is 41.4 Å². The number of sulfonamides is 1. The van der Waals surface area contributed by atoms with Gasteiger partial charge in [0.1, 0.15) is 15.8 Å². The summed E-state index contributed by atoms with van der Waals surface area (Å²) in [6, 6.07) is 9.09. The quantitative estimate of drug-likeness (QED) is 0.748. The Balaban J connectivity index is 2.15. The van der Waals surface area contributed by atoms with Crippen LogP contribution in [0.4, 0.5) is 0 Å². The molecule has 0 aliphatic carbocycles. The lowest BCUT2D eigenvalue weighted by Gasteiger charge is -2.18. The predicted octanol–water partition coefficient (Wildman–Crippen LogP) is 2.92. The summed E-state index contributed by atoms with van der Waals surface area (Å²) in [4.78, 5) is 4.05. The number of nitrogens with zero attached hydrogens (tertiary/aromatic N) is 2. The zero-order valence-electron chi connectivity index (χ0n) is 13.3. The molecule has 0 N–H and O–H groups in total. The van der Waals surface area contributed by atoms with Gasteiger partial charge in [0, 0.05) is 19.8 Å². The zero-order valence-corrected chi connectivity index (χ0v) is 14.9. The molecule has 0 aliphatic rings. The van der Waals surface area contributed by atoms with E-state index in [0.29, 0.717) is 23.7 Å². The second kappa shape index (κ2) is 7.29. The number of hydrogen-bond acceptors (Lipinski definition) is 4. The highest BCUT2D eigenvalue weighted by atomic mass is 35.5. The number of halogens is 1. The number of benzene rings is 1. The molecule has 0 atom stereocenters. The van der Waals surface area contributed by atoms with Crippen molar-refractivity contribution in [2.45, 2.75) is 18.2 Å². The molecule has 0 unspecified atom stereocenters. The molecular weight excluding hydrogens is 336 g/mol. The van der Waals surface area contributed by atoms with Crippen LogP contribution in [0.3, 0.4) is 0 Å².